The van der Waals surface area contributed by atoms with Gasteiger partial charge in [0.25, 0.3) is 16.1 Å². The van der Waals surface area contributed by atoms with Gasteiger partial charge in [-0.15, -0.1) is 0 Å². The lowest BCUT2D eigenvalue weighted by Gasteiger charge is -2.07. The van der Waals surface area contributed by atoms with E-state index >= 15 is 0 Å². The third kappa shape index (κ3) is 3.59. The van der Waals surface area contributed by atoms with Gasteiger partial charge in [-0.3, -0.25) is 9.52 Å². The third-order valence-electron chi connectivity index (χ3n) is 2.48. The number of benzene rings is 1. The van der Waals surface area contributed by atoms with Crippen LogP contribution in [0.4, 0.5) is 11.4 Å². The standard InChI is InChI=1S/C12H13N3O4S/c1-8-11(5-6-19-8)12(16)14-9-3-2-4-10(7-9)15-20(13,17)18/h2-7,15H,1H3,(H,14,16)(H2,13,17,18). The van der Waals surface area contributed by atoms with Crippen LogP contribution in [-0.2, 0) is 10.2 Å². The predicted octanol–water partition coefficient (Wildman–Crippen LogP) is 1.46. The van der Waals surface area contributed by atoms with Crippen LogP contribution in [0.1, 0.15) is 16.1 Å². The van der Waals surface area contributed by atoms with Crippen LogP contribution >= 0.6 is 0 Å². The molecule has 20 heavy (non-hydrogen) atoms. The summed E-state index contributed by atoms with van der Waals surface area (Å²) in [6.07, 6.45) is 1.42. The normalized spacial score (nSPS) is 11.1. The average molecular weight is 295 g/mol. The second-order valence-corrected chi connectivity index (χ2v) is 5.37. The summed E-state index contributed by atoms with van der Waals surface area (Å²) in [6.45, 7) is 1.67. The Balaban J connectivity index is 2.16. The summed E-state index contributed by atoms with van der Waals surface area (Å²) in [5.41, 5.74) is 1.10. The molecule has 0 radical (unpaired) electrons. The fourth-order valence-corrected chi connectivity index (χ4v) is 2.10. The number of anilines is 2. The monoisotopic (exact) mass is 295 g/mol. The highest BCUT2D eigenvalue weighted by Crippen LogP contribution is 2.17. The number of furan rings is 1. The minimum Gasteiger partial charge on any atom is -0.469 e. The zero-order valence-electron chi connectivity index (χ0n) is 10.6. The molecule has 2 rings (SSSR count). The summed E-state index contributed by atoms with van der Waals surface area (Å²) >= 11 is 0. The van der Waals surface area contributed by atoms with Gasteiger partial charge in [0.05, 0.1) is 17.5 Å². The number of hydrogen-bond donors (Lipinski definition) is 3. The van der Waals surface area contributed by atoms with Crippen molar-refractivity contribution in [1.29, 1.82) is 0 Å². The molecule has 0 unspecified atom stereocenters. The molecule has 0 aliphatic rings. The molecular weight excluding hydrogens is 282 g/mol. The molecule has 0 saturated carbocycles. The smallest absolute Gasteiger partial charge is 0.296 e. The highest BCUT2D eigenvalue weighted by atomic mass is 32.2. The third-order valence-corrected chi connectivity index (χ3v) is 3.00. The predicted molar refractivity (Wildman–Crippen MR) is 74.6 cm³/mol. The molecule has 0 saturated heterocycles. The van der Waals surface area contributed by atoms with Crippen LogP contribution in [0.2, 0.25) is 0 Å². The van der Waals surface area contributed by atoms with Gasteiger partial charge in [-0.25, -0.2) is 5.14 Å². The number of carbonyl (C=O) groups is 1. The molecule has 1 aromatic carbocycles. The van der Waals surface area contributed by atoms with Crippen LogP contribution in [-0.4, -0.2) is 14.3 Å². The Morgan fingerprint density at radius 1 is 1.25 bits per heavy atom. The van der Waals surface area contributed by atoms with Crippen LogP contribution in [0.3, 0.4) is 0 Å². The van der Waals surface area contributed by atoms with Crippen LogP contribution in [0.25, 0.3) is 0 Å². The Hall–Kier alpha value is -2.32. The first-order chi connectivity index (χ1) is 9.35. The van der Waals surface area contributed by atoms with E-state index in [1.807, 2.05) is 0 Å². The summed E-state index contributed by atoms with van der Waals surface area (Å²) in [7, 11) is -3.85. The quantitative estimate of drug-likeness (QED) is 0.792. The summed E-state index contributed by atoms with van der Waals surface area (Å²) in [6, 6.07) is 7.74. The fourth-order valence-electron chi connectivity index (χ4n) is 1.64. The van der Waals surface area contributed by atoms with E-state index in [4.69, 9.17) is 9.56 Å². The number of rotatable bonds is 4. The Kier molecular flexibility index (Phi) is 3.77. The maximum Gasteiger partial charge on any atom is 0.296 e. The van der Waals surface area contributed by atoms with E-state index in [9.17, 15) is 13.2 Å². The molecule has 2 aromatic rings. The second kappa shape index (κ2) is 5.35. The van der Waals surface area contributed by atoms with Gasteiger partial charge in [-0.05, 0) is 31.2 Å². The molecule has 106 valence electrons. The number of hydrogen-bond acceptors (Lipinski definition) is 4. The molecule has 8 heteroatoms. The Morgan fingerprint density at radius 2 is 1.95 bits per heavy atom. The molecule has 1 heterocycles. The van der Waals surface area contributed by atoms with Gasteiger partial charge in [-0.1, -0.05) is 6.07 Å². The fraction of sp³-hybridized carbons (Fsp3) is 0.0833. The molecular formula is C12H13N3O4S. The maximum absolute atomic E-state index is 12.0. The first-order valence-corrected chi connectivity index (χ1v) is 7.16. The zero-order chi connectivity index (χ0) is 14.8. The molecule has 0 aliphatic carbocycles. The topological polar surface area (TPSA) is 114 Å². The number of amides is 1. The van der Waals surface area contributed by atoms with Gasteiger partial charge in [0, 0.05) is 5.69 Å². The van der Waals surface area contributed by atoms with Crippen molar-refractivity contribution in [3.05, 3.63) is 47.9 Å². The van der Waals surface area contributed by atoms with Crippen molar-refractivity contribution in [2.75, 3.05) is 10.0 Å². The van der Waals surface area contributed by atoms with Crippen molar-refractivity contribution in [3.8, 4) is 0 Å². The molecule has 4 N–H and O–H groups in total. The van der Waals surface area contributed by atoms with E-state index < -0.39 is 10.2 Å². The molecule has 0 aliphatic heterocycles. The highest BCUT2D eigenvalue weighted by Gasteiger charge is 2.12. The van der Waals surface area contributed by atoms with Crippen molar-refractivity contribution in [2.24, 2.45) is 5.14 Å². The van der Waals surface area contributed by atoms with Gasteiger partial charge in [0.15, 0.2) is 0 Å². The Labute approximate surface area is 116 Å². The largest absolute Gasteiger partial charge is 0.469 e. The SMILES string of the molecule is Cc1occc1C(=O)Nc1cccc(NS(N)(=O)=O)c1. The first kappa shape index (κ1) is 14.1. The lowest BCUT2D eigenvalue weighted by atomic mass is 10.2. The lowest BCUT2D eigenvalue weighted by Crippen LogP contribution is -2.21. The van der Waals surface area contributed by atoms with E-state index in [-0.39, 0.29) is 11.6 Å². The average Bonchev–Trinajstić information content (AvgIpc) is 2.73. The van der Waals surface area contributed by atoms with E-state index in [0.717, 1.165) is 0 Å². The number of carbonyl (C=O) groups excluding carboxylic acids is 1. The zero-order valence-corrected chi connectivity index (χ0v) is 11.4. The number of aryl methyl sites for hydroxylation is 1. The molecule has 1 aromatic heterocycles. The van der Waals surface area contributed by atoms with Crippen molar-refractivity contribution in [1.82, 2.24) is 0 Å². The van der Waals surface area contributed by atoms with Crippen molar-refractivity contribution in [2.45, 2.75) is 6.92 Å². The van der Waals surface area contributed by atoms with Crippen molar-refractivity contribution in [3.63, 3.8) is 0 Å². The highest BCUT2D eigenvalue weighted by molar-refractivity contribution is 7.90. The van der Waals surface area contributed by atoms with Crippen molar-refractivity contribution >= 4 is 27.5 Å². The molecule has 0 bridgehead atoms. The summed E-state index contributed by atoms with van der Waals surface area (Å²) in [5, 5.41) is 7.51. The van der Waals surface area contributed by atoms with Gasteiger partial charge in [0.1, 0.15) is 5.76 Å². The molecule has 1 amide bonds. The minimum atomic E-state index is -3.85. The summed E-state index contributed by atoms with van der Waals surface area (Å²) in [5.74, 6) is 0.158. The van der Waals surface area contributed by atoms with Crippen LogP contribution in [0.5, 0.6) is 0 Å². The Morgan fingerprint density at radius 3 is 2.55 bits per heavy atom. The van der Waals surface area contributed by atoms with E-state index in [1.54, 1.807) is 25.1 Å². The van der Waals surface area contributed by atoms with Crippen LogP contribution < -0.4 is 15.2 Å². The van der Waals surface area contributed by atoms with Crippen molar-refractivity contribution < 1.29 is 17.6 Å². The second-order valence-electron chi connectivity index (χ2n) is 4.07. The molecule has 0 spiro atoms. The van der Waals surface area contributed by atoms with E-state index in [2.05, 4.69) is 10.0 Å². The number of nitrogens with two attached hydrogens (primary N) is 1. The summed E-state index contributed by atoms with van der Waals surface area (Å²) < 4.78 is 29.0. The van der Waals surface area contributed by atoms with Crippen LogP contribution in [0.15, 0.2) is 41.0 Å². The molecule has 0 fully saturated rings. The van der Waals surface area contributed by atoms with Gasteiger partial charge < -0.3 is 9.73 Å². The van der Waals surface area contributed by atoms with Gasteiger partial charge in [-0.2, -0.15) is 8.42 Å². The molecule has 7 nitrogen and oxygen atoms in total. The summed E-state index contributed by atoms with van der Waals surface area (Å²) in [4.78, 5) is 12.0. The van der Waals surface area contributed by atoms with Gasteiger partial charge in [0.2, 0.25) is 0 Å². The van der Waals surface area contributed by atoms with Gasteiger partial charge >= 0.3 is 0 Å². The van der Waals surface area contributed by atoms with E-state index in [0.29, 0.717) is 17.0 Å². The molecule has 0 atom stereocenters. The first-order valence-electron chi connectivity index (χ1n) is 5.61. The Bertz CT molecular complexity index is 737. The minimum absolute atomic E-state index is 0.259. The van der Waals surface area contributed by atoms with Crippen LogP contribution in [0, 0.1) is 6.92 Å². The number of nitrogens with one attached hydrogen (secondary N) is 2. The van der Waals surface area contributed by atoms with E-state index in [1.165, 1.54) is 18.4 Å². The lowest BCUT2D eigenvalue weighted by molar-refractivity contribution is 0.102. The maximum atomic E-state index is 12.0.